The summed E-state index contributed by atoms with van der Waals surface area (Å²) in [6, 6.07) is 12.3. The number of hydrogen-bond acceptors (Lipinski definition) is 2. The van der Waals surface area contributed by atoms with Crippen molar-refractivity contribution >= 4 is 8.24 Å². The van der Waals surface area contributed by atoms with E-state index in [0.29, 0.717) is 12.0 Å². The second-order valence-corrected chi connectivity index (χ2v) is 15.3. The standard InChI is InChI=1S/C31H51NOSi/c1-25-26(2)28(4)31(27(25)3)34(5,24-18-23-33-30-21-16-13-17-22-30)32-29-19-14-11-9-7-6-8-10-12-15-20-29/h13,16-17,21-22,27,29,32H,6-12,14-15,18-20,23-24H2,1-5H3/t27?,34-/m0/s1. The molecule has 2 aliphatic rings. The third-order valence-electron chi connectivity index (χ3n) is 8.70. The van der Waals surface area contributed by atoms with Crippen LogP contribution in [0.3, 0.4) is 0 Å². The molecule has 1 fully saturated rings. The van der Waals surface area contributed by atoms with Crippen LogP contribution in [-0.2, 0) is 0 Å². The van der Waals surface area contributed by atoms with E-state index in [1.165, 1.54) is 76.7 Å². The second-order valence-electron chi connectivity index (χ2n) is 11.3. The number of ether oxygens (including phenoxy) is 1. The van der Waals surface area contributed by atoms with Gasteiger partial charge in [0.2, 0.25) is 0 Å². The van der Waals surface area contributed by atoms with Crippen molar-refractivity contribution in [3.8, 4) is 5.75 Å². The van der Waals surface area contributed by atoms with E-state index in [1.807, 2.05) is 0 Å². The molecule has 0 bridgehead atoms. The molecule has 1 N–H and O–H groups in total. The lowest BCUT2D eigenvalue weighted by molar-refractivity contribution is 0.316. The fourth-order valence-corrected chi connectivity index (χ4v) is 11.2. The Hall–Kier alpha value is -1.32. The average Bonchev–Trinajstić information content (AvgIpc) is 3.02. The van der Waals surface area contributed by atoms with Crippen molar-refractivity contribution in [3.63, 3.8) is 0 Å². The van der Waals surface area contributed by atoms with E-state index in [4.69, 9.17) is 4.74 Å². The minimum atomic E-state index is -1.83. The van der Waals surface area contributed by atoms with Crippen LogP contribution in [0.5, 0.6) is 5.75 Å². The first-order valence-corrected chi connectivity index (χ1v) is 17.0. The van der Waals surface area contributed by atoms with Crippen molar-refractivity contribution < 1.29 is 4.74 Å². The topological polar surface area (TPSA) is 21.3 Å². The lowest BCUT2D eigenvalue weighted by Gasteiger charge is -2.38. The van der Waals surface area contributed by atoms with E-state index in [2.05, 4.69) is 69.6 Å². The van der Waals surface area contributed by atoms with E-state index < -0.39 is 8.24 Å². The van der Waals surface area contributed by atoms with Gasteiger partial charge in [0, 0.05) is 6.04 Å². The van der Waals surface area contributed by atoms with Crippen LogP contribution in [0, 0.1) is 5.92 Å². The fraction of sp³-hybridized carbons (Fsp3) is 0.677. The van der Waals surface area contributed by atoms with Crippen LogP contribution >= 0.6 is 0 Å². The van der Waals surface area contributed by atoms with Crippen molar-refractivity contribution in [1.29, 1.82) is 0 Å². The molecule has 0 radical (unpaired) electrons. The molecular formula is C31H51NOSi. The lowest BCUT2D eigenvalue weighted by atomic mass is 9.98. The van der Waals surface area contributed by atoms with Crippen molar-refractivity contribution in [3.05, 3.63) is 52.2 Å². The predicted octanol–water partition coefficient (Wildman–Crippen LogP) is 9.14. The van der Waals surface area contributed by atoms with Crippen LogP contribution in [0.4, 0.5) is 0 Å². The number of allylic oxidation sites excluding steroid dienone is 4. The molecule has 1 unspecified atom stereocenters. The van der Waals surface area contributed by atoms with Gasteiger partial charge in [0.25, 0.3) is 0 Å². The van der Waals surface area contributed by atoms with E-state index in [1.54, 1.807) is 21.9 Å². The largest absolute Gasteiger partial charge is 0.494 e. The molecule has 2 aliphatic carbocycles. The number of hydrogen-bond donors (Lipinski definition) is 1. The number of para-hydroxylation sites is 1. The molecule has 190 valence electrons. The van der Waals surface area contributed by atoms with Gasteiger partial charge in [-0.3, -0.25) is 0 Å². The Morgan fingerprint density at radius 1 is 0.824 bits per heavy atom. The number of nitrogens with one attached hydrogen (secondary N) is 1. The minimum absolute atomic E-state index is 0.588. The van der Waals surface area contributed by atoms with Crippen LogP contribution in [0.2, 0.25) is 12.6 Å². The van der Waals surface area contributed by atoms with Gasteiger partial charge in [-0.1, -0.05) is 106 Å². The molecule has 0 aromatic heterocycles. The normalized spacial score (nSPS) is 23.4. The molecule has 0 spiro atoms. The van der Waals surface area contributed by atoms with Crippen LogP contribution in [0.15, 0.2) is 52.2 Å². The number of rotatable bonds is 8. The molecule has 1 aromatic rings. The Kier molecular flexibility index (Phi) is 11.0. The first-order valence-electron chi connectivity index (χ1n) is 14.3. The molecule has 1 aromatic carbocycles. The molecule has 1 saturated carbocycles. The summed E-state index contributed by atoms with van der Waals surface area (Å²) in [5.74, 6) is 1.58. The highest BCUT2D eigenvalue weighted by Crippen LogP contribution is 2.42. The highest BCUT2D eigenvalue weighted by Gasteiger charge is 2.40. The van der Waals surface area contributed by atoms with Gasteiger partial charge >= 0.3 is 0 Å². The Morgan fingerprint density at radius 2 is 1.38 bits per heavy atom. The van der Waals surface area contributed by atoms with Gasteiger partial charge < -0.3 is 9.72 Å². The quantitative estimate of drug-likeness (QED) is 0.295. The molecule has 3 rings (SSSR count). The van der Waals surface area contributed by atoms with Crippen LogP contribution in [-0.4, -0.2) is 20.9 Å². The second kappa shape index (κ2) is 13.7. The minimum Gasteiger partial charge on any atom is -0.494 e. The maximum Gasteiger partial charge on any atom is 0.151 e. The van der Waals surface area contributed by atoms with E-state index in [9.17, 15) is 0 Å². The maximum atomic E-state index is 6.11. The summed E-state index contributed by atoms with van der Waals surface area (Å²) in [7, 11) is -1.83. The zero-order chi connectivity index (χ0) is 24.4. The smallest absolute Gasteiger partial charge is 0.151 e. The summed E-state index contributed by atoms with van der Waals surface area (Å²) in [6.45, 7) is 13.0. The zero-order valence-corrected chi connectivity index (χ0v) is 23.8. The third-order valence-corrected chi connectivity index (χ3v) is 13.1. The Labute approximate surface area is 211 Å². The SMILES string of the molecule is CC1=C(C)C(C)C([Si@](C)(CCCOc2ccccc2)NC2CCCCCCCCCCC2)=C1C. The average molecular weight is 482 g/mol. The summed E-state index contributed by atoms with van der Waals surface area (Å²) >= 11 is 0. The van der Waals surface area contributed by atoms with Crippen molar-refractivity contribution in [2.24, 2.45) is 5.92 Å². The Morgan fingerprint density at radius 3 is 1.91 bits per heavy atom. The highest BCUT2D eigenvalue weighted by atomic mass is 28.3. The predicted molar refractivity (Wildman–Crippen MR) is 151 cm³/mol. The molecule has 3 heteroatoms. The van der Waals surface area contributed by atoms with E-state index >= 15 is 0 Å². The van der Waals surface area contributed by atoms with E-state index in [-0.39, 0.29) is 0 Å². The lowest BCUT2D eigenvalue weighted by Crippen LogP contribution is -2.55. The summed E-state index contributed by atoms with van der Waals surface area (Å²) < 4.78 is 6.11. The first kappa shape index (κ1) is 27.3. The molecule has 2 nitrogen and oxygen atoms in total. The molecule has 2 atom stereocenters. The fourth-order valence-electron chi connectivity index (χ4n) is 6.43. The monoisotopic (exact) mass is 481 g/mol. The van der Waals surface area contributed by atoms with E-state index in [0.717, 1.165) is 18.8 Å². The van der Waals surface area contributed by atoms with Crippen molar-refractivity contribution in [2.45, 2.75) is 123 Å². The van der Waals surface area contributed by atoms with Gasteiger partial charge in [-0.15, -0.1) is 0 Å². The molecule has 0 heterocycles. The van der Waals surface area contributed by atoms with Gasteiger partial charge in [-0.05, 0) is 69.7 Å². The van der Waals surface area contributed by atoms with Gasteiger partial charge in [-0.25, -0.2) is 0 Å². The van der Waals surface area contributed by atoms with Crippen LogP contribution in [0.1, 0.15) is 105 Å². The molecule has 0 saturated heterocycles. The van der Waals surface area contributed by atoms with Gasteiger partial charge in [-0.2, -0.15) is 0 Å². The molecule has 34 heavy (non-hydrogen) atoms. The van der Waals surface area contributed by atoms with Crippen LogP contribution < -0.4 is 9.72 Å². The summed E-state index contributed by atoms with van der Waals surface area (Å²) in [4.78, 5) is 4.43. The summed E-state index contributed by atoms with van der Waals surface area (Å²) in [5, 5.41) is 1.77. The first-order chi connectivity index (χ1) is 16.4. The number of benzene rings is 1. The molecule has 0 aliphatic heterocycles. The van der Waals surface area contributed by atoms with Crippen molar-refractivity contribution in [2.75, 3.05) is 6.61 Å². The third kappa shape index (κ3) is 7.59. The Bertz CT molecular complexity index is 802. The summed E-state index contributed by atoms with van der Waals surface area (Å²) in [5.41, 5.74) is 4.72. The van der Waals surface area contributed by atoms with Gasteiger partial charge in [0.1, 0.15) is 5.75 Å². The molecule has 0 amide bonds. The molecular weight excluding hydrogens is 430 g/mol. The zero-order valence-electron chi connectivity index (χ0n) is 22.8. The summed E-state index contributed by atoms with van der Waals surface area (Å²) in [6.07, 6.45) is 16.7. The van der Waals surface area contributed by atoms with Crippen LogP contribution in [0.25, 0.3) is 0 Å². The van der Waals surface area contributed by atoms with Crippen molar-refractivity contribution in [1.82, 2.24) is 4.98 Å². The van der Waals surface area contributed by atoms with Gasteiger partial charge in [0.15, 0.2) is 8.24 Å². The Balaban J connectivity index is 1.72. The maximum absolute atomic E-state index is 6.11. The highest BCUT2D eigenvalue weighted by molar-refractivity contribution is 6.83. The van der Waals surface area contributed by atoms with Gasteiger partial charge in [0.05, 0.1) is 6.61 Å².